The van der Waals surface area contributed by atoms with Crippen molar-refractivity contribution in [2.45, 2.75) is 83.6 Å². The number of unbranched alkanes of at least 4 members (excludes halogenated alkanes) is 4. The summed E-state index contributed by atoms with van der Waals surface area (Å²) in [7, 11) is 0. The van der Waals surface area contributed by atoms with Crippen LogP contribution in [0, 0.1) is 5.92 Å². The summed E-state index contributed by atoms with van der Waals surface area (Å²) in [6.07, 6.45) is 12.4. The van der Waals surface area contributed by atoms with Crippen LogP contribution in [0.4, 0.5) is 0 Å². The van der Waals surface area contributed by atoms with E-state index in [2.05, 4.69) is 38.1 Å². The van der Waals surface area contributed by atoms with Crippen LogP contribution in [-0.2, 0) is 6.42 Å². The molecule has 0 heterocycles. The normalized spacial score (nSPS) is 24.0. The minimum absolute atomic E-state index is 0.0632. The van der Waals surface area contributed by atoms with E-state index in [0.29, 0.717) is 5.92 Å². The third kappa shape index (κ3) is 5.53. The fourth-order valence-corrected chi connectivity index (χ4v) is 3.84. The minimum Gasteiger partial charge on any atom is -0.494 e. The van der Waals surface area contributed by atoms with E-state index in [-0.39, 0.29) is 5.54 Å². The van der Waals surface area contributed by atoms with Crippen LogP contribution in [0.5, 0.6) is 5.75 Å². The molecular formula is C21H35NO. The summed E-state index contributed by atoms with van der Waals surface area (Å²) in [6, 6.07) is 8.70. The van der Waals surface area contributed by atoms with Gasteiger partial charge in [-0.05, 0) is 55.7 Å². The van der Waals surface area contributed by atoms with Crippen molar-refractivity contribution >= 4 is 0 Å². The van der Waals surface area contributed by atoms with Crippen LogP contribution >= 0.6 is 0 Å². The Bertz CT molecular complexity index is 442. The highest BCUT2D eigenvalue weighted by atomic mass is 16.5. The Hall–Kier alpha value is -1.02. The Morgan fingerprint density at radius 3 is 2.52 bits per heavy atom. The van der Waals surface area contributed by atoms with E-state index in [9.17, 15) is 0 Å². The second-order valence-electron chi connectivity index (χ2n) is 7.29. The summed E-state index contributed by atoms with van der Waals surface area (Å²) in [5, 5.41) is 0. The lowest BCUT2D eigenvalue weighted by atomic mass is 9.82. The highest BCUT2D eigenvalue weighted by molar-refractivity contribution is 5.28. The summed E-state index contributed by atoms with van der Waals surface area (Å²) in [5.41, 5.74) is 8.03. The molecule has 1 aliphatic rings. The summed E-state index contributed by atoms with van der Waals surface area (Å²) < 4.78 is 5.85. The van der Waals surface area contributed by atoms with Gasteiger partial charge in [0, 0.05) is 5.54 Å². The third-order valence-electron chi connectivity index (χ3n) is 5.59. The molecule has 0 aromatic heterocycles. The first-order valence-electron chi connectivity index (χ1n) is 9.68. The molecule has 2 heteroatoms. The molecule has 2 N–H and O–H groups in total. The van der Waals surface area contributed by atoms with Crippen molar-refractivity contribution in [1.29, 1.82) is 0 Å². The average Bonchev–Trinajstić information content (AvgIpc) is 2.94. The van der Waals surface area contributed by atoms with Crippen molar-refractivity contribution in [2.75, 3.05) is 6.61 Å². The molecule has 0 bridgehead atoms. The second-order valence-corrected chi connectivity index (χ2v) is 7.29. The van der Waals surface area contributed by atoms with Gasteiger partial charge in [-0.2, -0.15) is 0 Å². The number of benzene rings is 1. The van der Waals surface area contributed by atoms with E-state index >= 15 is 0 Å². The van der Waals surface area contributed by atoms with Crippen LogP contribution in [-0.4, -0.2) is 12.1 Å². The molecule has 0 aliphatic heterocycles. The number of nitrogens with two attached hydrogens (primary N) is 1. The molecule has 1 aliphatic carbocycles. The van der Waals surface area contributed by atoms with E-state index in [1.807, 2.05) is 0 Å². The minimum atomic E-state index is 0.0632. The molecule has 2 nitrogen and oxygen atoms in total. The molecule has 1 aromatic carbocycles. The van der Waals surface area contributed by atoms with Gasteiger partial charge in [0.1, 0.15) is 5.75 Å². The maximum absolute atomic E-state index is 6.57. The molecule has 1 fully saturated rings. The van der Waals surface area contributed by atoms with E-state index < -0.39 is 0 Å². The van der Waals surface area contributed by atoms with Gasteiger partial charge >= 0.3 is 0 Å². The van der Waals surface area contributed by atoms with Gasteiger partial charge in [-0.3, -0.25) is 0 Å². The predicted octanol–water partition coefficient (Wildman–Crippen LogP) is 5.49. The molecular weight excluding hydrogens is 282 g/mol. The van der Waals surface area contributed by atoms with Crippen LogP contribution in [0.25, 0.3) is 0 Å². The molecule has 0 radical (unpaired) electrons. The van der Waals surface area contributed by atoms with Gasteiger partial charge in [-0.15, -0.1) is 0 Å². The van der Waals surface area contributed by atoms with Crippen LogP contribution in [0.15, 0.2) is 24.3 Å². The highest BCUT2D eigenvalue weighted by Crippen LogP contribution is 2.38. The molecule has 1 saturated carbocycles. The number of ether oxygens (including phenoxy) is 1. The van der Waals surface area contributed by atoms with Gasteiger partial charge in [0.05, 0.1) is 6.61 Å². The lowest BCUT2D eigenvalue weighted by Crippen LogP contribution is -2.43. The van der Waals surface area contributed by atoms with Crippen LogP contribution < -0.4 is 10.5 Å². The topological polar surface area (TPSA) is 35.2 Å². The highest BCUT2D eigenvalue weighted by Gasteiger charge is 2.37. The first kappa shape index (κ1) is 18.3. The zero-order valence-electron chi connectivity index (χ0n) is 15.2. The van der Waals surface area contributed by atoms with Gasteiger partial charge < -0.3 is 10.5 Å². The second kappa shape index (κ2) is 9.32. The molecule has 0 amide bonds. The van der Waals surface area contributed by atoms with Gasteiger partial charge in [-0.1, -0.05) is 58.1 Å². The molecule has 0 saturated heterocycles. The quantitative estimate of drug-likeness (QED) is 0.579. The fraction of sp³-hybridized carbons (Fsp3) is 0.714. The van der Waals surface area contributed by atoms with Gasteiger partial charge in [0.15, 0.2) is 0 Å². The van der Waals surface area contributed by atoms with Gasteiger partial charge in [0.2, 0.25) is 0 Å². The Kier molecular flexibility index (Phi) is 7.42. The van der Waals surface area contributed by atoms with E-state index in [0.717, 1.165) is 31.6 Å². The summed E-state index contributed by atoms with van der Waals surface area (Å²) in [4.78, 5) is 0. The van der Waals surface area contributed by atoms with E-state index in [1.54, 1.807) is 0 Å². The third-order valence-corrected chi connectivity index (χ3v) is 5.59. The Labute approximate surface area is 142 Å². The van der Waals surface area contributed by atoms with Crippen molar-refractivity contribution in [3.05, 3.63) is 29.8 Å². The van der Waals surface area contributed by atoms with Gasteiger partial charge in [-0.25, -0.2) is 0 Å². The molecule has 1 aromatic rings. The molecule has 130 valence electrons. The Morgan fingerprint density at radius 2 is 1.83 bits per heavy atom. The lowest BCUT2D eigenvalue weighted by Gasteiger charge is -2.30. The number of hydrogen-bond acceptors (Lipinski definition) is 2. The molecule has 0 spiro atoms. The van der Waals surface area contributed by atoms with Gasteiger partial charge in [0.25, 0.3) is 0 Å². The summed E-state index contributed by atoms with van der Waals surface area (Å²) in [5.74, 6) is 1.64. The molecule has 0 unspecified atom stereocenters. The number of rotatable bonds is 10. The largest absolute Gasteiger partial charge is 0.494 e. The predicted molar refractivity (Wildman–Crippen MR) is 99.0 cm³/mol. The van der Waals surface area contributed by atoms with Crippen LogP contribution in [0.2, 0.25) is 0 Å². The van der Waals surface area contributed by atoms with Crippen molar-refractivity contribution in [3.8, 4) is 5.75 Å². The zero-order valence-corrected chi connectivity index (χ0v) is 15.2. The van der Waals surface area contributed by atoms with Crippen molar-refractivity contribution < 1.29 is 4.74 Å². The SMILES string of the molecule is CCCCCCCOc1ccc(C[C@@H]2CCC[C@@]2(N)CC)cc1. The van der Waals surface area contributed by atoms with Crippen molar-refractivity contribution in [1.82, 2.24) is 0 Å². The standard InChI is InChI=1S/C21H35NO/c1-3-5-6-7-8-16-23-20-13-11-18(12-14-20)17-19-10-9-15-21(19,22)4-2/h11-14,19H,3-10,15-17,22H2,1-2H3/t19-,21-/m0/s1. The maximum Gasteiger partial charge on any atom is 0.119 e. The lowest BCUT2D eigenvalue weighted by molar-refractivity contribution is 0.301. The summed E-state index contributed by atoms with van der Waals surface area (Å²) >= 11 is 0. The summed E-state index contributed by atoms with van der Waals surface area (Å²) in [6.45, 7) is 5.32. The van der Waals surface area contributed by atoms with Crippen LogP contribution in [0.3, 0.4) is 0 Å². The number of hydrogen-bond donors (Lipinski definition) is 1. The monoisotopic (exact) mass is 317 g/mol. The zero-order chi connectivity index (χ0) is 16.5. The van der Waals surface area contributed by atoms with Crippen LogP contribution in [0.1, 0.15) is 77.2 Å². The molecule has 23 heavy (non-hydrogen) atoms. The smallest absolute Gasteiger partial charge is 0.119 e. The van der Waals surface area contributed by atoms with Crippen molar-refractivity contribution in [2.24, 2.45) is 11.7 Å². The van der Waals surface area contributed by atoms with E-state index in [4.69, 9.17) is 10.5 Å². The van der Waals surface area contributed by atoms with E-state index in [1.165, 1.54) is 50.5 Å². The Morgan fingerprint density at radius 1 is 1.09 bits per heavy atom. The first-order chi connectivity index (χ1) is 11.2. The van der Waals surface area contributed by atoms with Crippen molar-refractivity contribution in [3.63, 3.8) is 0 Å². The Balaban J connectivity index is 1.74. The molecule has 2 atom stereocenters. The maximum atomic E-state index is 6.57. The average molecular weight is 318 g/mol. The molecule has 2 rings (SSSR count). The first-order valence-corrected chi connectivity index (χ1v) is 9.68. The fourth-order valence-electron chi connectivity index (χ4n) is 3.84.